The standard InChI is InChI=1S/C14H14N2O3S/c17-13-11-8-3-1-2-4-10(8)20-12(11)15-7-16(13)9-5-6-19-14(9)18/h7,9H,1-6H2. The molecule has 0 amide bonds. The molecule has 1 aliphatic carbocycles. The Bertz CT molecular complexity index is 762. The molecule has 1 saturated heterocycles. The van der Waals surface area contributed by atoms with Gasteiger partial charge in [0.25, 0.3) is 5.56 Å². The Balaban J connectivity index is 1.94. The van der Waals surface area contributed by atoms with E-state index in [2.05, 4.69) is 4.98 Å². The second-order valence-electron chi connectivity index (χ2n) is 5.32. The molecule has 6 heteroatoms. The average molecular weight is 290 g/mol. The van der Waals surface area contributed by atoms with E-state index in [4.69, 9.17) is 4.74 Å². The van der Waals surface area contributed by atoms with Crippen LogP contribution in [-0.2, 0) is 22.4 Å². The first-order valence-electron chi connectivity index (χ1n) is 6.94. The van der Waals surface area contributed by atoms with Gasteiger partial charge in [0.05, 0.1) is 18.3 Å². The molecule has 0 N–H and O–H groups in total. The molecule has 0 aromatic carbocycles. The highest BCUT2D eigenvalue weighted by molar-refractivity contribution is 7.18. The molecule has 1 fully saturated rings. The van der Waals surface area contributed by atoms with Gasteiger partial charge in [0.2, 0.25) is 0 Å². The summed E-state index contributed by atoms with van der Waals surface area (Å²) >= 11 is 1.63. The van der Waals surface area contributed by atoms with Gasteiger partial charge in [-0.2, -0.15) is 0 Å². The minimum absolute atomic E-state index is 0.0850. The lowest BCUT2D eigenvalue weighted by molar-refractivity contribution is -0.140. The minimum atomic E-state index is -0.501. The summed E-state index contributed by atoms with van der Waals surface area (Å²) in [6.07, 6.45) is 6.36. The quantitative estimate of drug-likeness (QED) is 0.752. The highest BCUT2D eigenvalue weighted by Crippen LogP contribution is 2.33. The van der Waals surface area contributed by atoms with Gasteiger partial charge in [-0.25, -0.2) is 9.78 Å². The molecular formula is C14H14N2O3S. The molecule has 1 unspecified atom stereocenters. The molecule has 0 radical (unpaired) electrons. The molecule has 3 heterocycles. The van der Waals surface area contributed by atoms with Crippen LogP contribution in [0.2, 0.25) is 0 Å². The smallest absolute Gasteiger partial charge is 0.329 e. The average Bonchev–Trinajstić information content (AvgIpc) is 3.03. The van der Waals surface area contributed by atoms with Crippen molar-refractivity contribution in [2.45, 2.75) is 38.1 Å². The fourth-order valence-electron chi connectivity index (χ4n) is 3.12. The van der Waals surface area contributed by atoms with Crippen molar-refractivity contribution in [1.82, 2.24) is 9.55 Å². The van der Waals surface area contributed by atoms with E-state index in [-0.39, 0.29) is 11.5 Å². The topological polar surface area (TPSA) is 61.2 Å². The number of thiophene rings is 1. The van der Waals surface area contributed by atoms with Crippen LogP contribution < -0.4 is 5.56 Å². The van der Waals surface area contributed by atoms with Crippen LogP contribution in [0.5, 0.6) is 0 Å². The molecule has 2 aliphatic rings. The van der Waals surface area contributed by atoms with E-state index in [0.29, 0.717) is 13.0 Å². The summed E-state index contributed by atoms with van der Waals surface area (Å²) in [7, 11) is 0. The lowest BCUT2D eigenvalue weighted by Gasteiger charge is -2.11. The summed E-state index contributed by atoms with van der Waals surface area (Å²) in [5.74, 6) is -0.322. The normalized spacial score (nSPS) is 22.0. The summed E-state index contributed by atoms with van der Waals surface area (Å²) in [4.78, 5) is 30.9. The molecule has 1 atom stereocenters. The zero-order valence-electron chi connectivity index (χ0n) is 10.9. The van der Waals surface area contributed by atoms with Crippen molar-refractivity contribution < 1.29 is 9.53 Å². The molecular weight excluding hydrogens is 276 g/mol. The largest absolute Gasteiger partial charge is 0.464 e. The molecule has 5 nitrogen and oxygen atoms in total. The zero-order chi connectivity index (χ0) is 13.7. The van der Waals surface area contributed by atoms with Gasteiger partial charge in [0.1, 0.15) is 10.9 Å². The molecule has 2 aromatic rings. The number of carbonyl (C=O) groups is 1. The molecule has 0 saturated carbocycles. The first-order chi connectivity index (χ1) is 9.75. The third kappa shape index (κ3) is 1.64. The first-order valence-corrected chi connectivity index (χ1v) is 7.75. The maximum Gasteiger partial charge on any atom is 0.329 e. The van der Waals surface area contributed by atoms with Crippen LogP contribution in [0.25, 0.3) is 10.2 Å². The van der Waals surface area contributed by atoms with E-state index in [1.54, 1.807) is 11.3 Å². The second-order valence-corrected chi connectivity index (χ2v) is 6.40. The van der Waals surface area contributed by atoms with Crippen molar-refractivity contribution in [3.8, 4) is 0 Å². The number of hydrogen-bond acceptors (Lipinski definition) is 5. The fraction of sp³-hybridized carbons (Fsp3) is 0.500. The molecule has 104 valence electrons. The van der Waals surface area contributed by atoms with Crippen LogP contribution >= 0.6 is 11.3 Å². The number of ether oxygens (including phenoxy) is 1. The SMILES string of the molecule is O=C1OCCC1n1cnc2sc3c(c2c1=O)CCCC3. The van der Waals surface area contributed by atoms with Crippen LogP contribution in [0, 0.1) is 0 Å². The Morgan fingerprint density at radius 3 is 2.95 bits per heavy atom. The lowest BCUT2D eigenvalue weighted by Crippen LogP contribution is -2.28. The number of nitrogens with zero attached hydrogens (tertiary/aromatic N) is 2. The Labute approximate surface area is 119 Å². The van der Waals surface area contributed by atoms with Gasteiger partial charge in [0.15, 0.2) is 0 Å². The zero-order valence-corrected chi connectivity index (χ0v) is 11.7. The summed E-state index contributed by atoms with van der Waals surface area (Å²) in [6, 6.07) is -0.501. The van der Waals surface area contributed by atoms with Gasteiger partial charge in [-0.15, -0.1) is 11.3 Å². The summed E-state index contributed by atoms with van der Waals surface area (Å²) in [5.41, 5.74) is 1.08. The van der Waals surface area contributed by atoms with E-state index in [0.717, 1.165) is 35.0 Å². The predicted octanol–water partition coefficient (Wildman–Crippen LogP) is 1.82. The number of fused-ring (bicyclic) bond motifs is 3. The third-order valence-electron chi connectivity index (χ3n) is 4.14. The molecule has 4 rings (SSSR count). The summed E-state index contributed by atoms with van der Waals surface area (Å²) in [6.45, 7) is 0.385. The van der Waals surface area contributed by atoms with Crippen LogP contribution in [0.4, 0.5) is 0 Å². The molecule has 2 aromatic heterocycles. The summed E-state index contributed by atoms with van der Waals surface area (Å²) in [5, 5.41) is 0.729. The van der Waals surface area contributed by atoms with Crippen LogP contribution in [0.3, 0.4) is 0 Å². The van der Waals surface area contributed by atoms with Crippen LogP contribution in [0.1, 0.15) is 35.7 Å². The third-order valence-corrected chi connectivity index (χ3v) is 5.34. The molecule has 0 spiro atoms. The van der Waals surface area contributed by atoms with Gasteiger partial charge in [-0.1, -0.05) is 0 Å². The van der Waals surface area contributed by atoms with Crippen molar-refractivity contribution in [1.29, 1.82) is 0 Å². The molecule has 0 bridgehead atoms. The van der Waals surface area contributed by atoms with Crippen molar-refractivity contribution in [3.63, 3.8) is 0 Å². The van der Waals surface area contributed by atoms with Gasteiger partial charge in [0, 0.05) is 11.3 Å². The summed E-state index contributed by atoms with van der Waals surface area (Å²) < 4.78 is 6.41. The second kappa shape index (κ2) is 4.41. The van der Waals surface area contributed by atoms with E-state index < -0.39 is 6.04 Å². The fourth-order valence-corrected chi connectivity index (χ4v) is 4.34. The number of carbonyl (C=O) groups excluding carboxylic acids is 1. The van der Waals surface area contributed by atoms with Gasteiger partial charge < -0.3 is 4.74 Å². The Hall–Kier alpha value is -1.69. The minimum Gasteiger partial charge on any atom is -0.464 e. The molecule has 1 aliphatic heterocycles. The van der Waals surface area contributed by atoms with Crippen molar-refractivity contribution >= 4 is 27.5 Å². The number of rotatable bonds is 1. The van der Waals surface area contributed by atoms with E-state index in [1.807, 2.05) is 0 Å². The predicted molar refractivity (Wildman–Crippen MR) is 75.1 cm³/mol. The number of esters is 1. The van der Waals surface area contributed by atoms with Gasteiger partial charge in [-0.3, -0.25) is 9.36 Å². The Morgan fingerprint density at radius 1 is 1.30 bits per heavy atom. The number of aromatic nitrogens is 2. The number of aryl methyl sites for hydroxylation is 2. The van der Waals surface area contributed by atoms with Crippen LogP contribution in [0.15, 0.2) is 11.1 Å². The maximum absolute atomic E-state index is 12.7. The molecule has 20 heavy (non-hydrogen) atoms. The van der Waals surface area contributed by atoms with Gasteiger partial charge >= 0.3 is 5.97 Å². The maximum atomic E-state index is 12.7. The van der Waals surface area contributed by atoms with E-state index in [9.17, 15) is 9.59 Å². The monoisotopic (exact) mass is 290 g/mol. The highest BCUT2D eigenvalue weighted by Gasteiger charge is 2.30. The van der Waals surface area contributed by atoms with Gasteiger partial charge in [-0.05, 0) is 31.2 Å². The van der Waals surface area contributed by atoms with Crippen molar-refractivity contribution in [2.24, 2.45) is 0 Å². The Kier molecular flexibility index (Phi) is 2.66. The number of cyclic esters (lactones) is 1. The van der Waals surface area contributed by atoms with E-state index in [1.165, 1.54) is 22.2 Å². The Morgan fingerprint density at radius 2 is 2.15 bits per heavy atom. The lowest BCUT2D eigenvalue weighted by atomic mass is 9.97. The van der Waals surface area contributed by atoms with Crippen molar-refractivity contribution in [3.05, 3.63) is 27.1 Å². The van der Waals surface area contributed by atoms with E-state index >= 15 is 0 Å². The van der Waals surface area contributed by atoms with Crippen molar-refractivity contribution in [2.75, 3.05) is 6.61 Å². The number of hydrogen-bond donors (Lipinski definition) is 0. The van der Waals surface area contributed by atoms with Crippen LogP contribution in [-0.4, -0.2) is 22.1 Å². The highest BCUT2D eigenvalue weighted by atomic mass is 32.1. The first kappa shape index (κ1) is 12.1.